The normalized spacial score (nSPS) is 13.2. The van der Waals surface area contributed by atoms with E-state index >= 15 is 0 Å². The molecule has 0 radical (unpaired) electrons. The van der Waals surface area contributed by atoms with Gasteiger partial charge in [-0.2, -0.15) is 5.10 Å². The van der Waals surface area contributed by atoms with Crippen molar-refractivity contribution in [3.63, 3.8) is 0 Å². The maximum absolute atomic E-state index is 4.48. The molecule has 0 aliphatic carbocycles. The van der Waals surface area contributed by atoms with Gasteiger partial charge in [0.25, 0.3) is 0 Å². The lowest BCUT2D eigenvalue weighted by Crippen LogP contribution is -2.42. The highest BCUT2D eigenvalue weighted by Gasteiger charge is 2.05. The van der Waals surface area contributed by atoms with E-state index < -0.39 is 0 Å². The van der Waals surface area contributed by atoms with E-state index in [0.29, 0.717) is 6.04 Å². The molecular formula is C17H33N5. The average Bonchev–Trinajstić information content (AvgIpc) is 2.80. The van der Waals surface area contributed by atoms with Crippen molar-refractivity contribution in [1.82, 2.24) is 20.4 Å². The Bertz CT molecular complexity index is 450. The number of aliphatic imine (C=N–C) groups is 1. The van der Waals surface area contributed by atoms with Crippen LogP contribution in [0.1, 0.15) is 57.3 Å². The summed E-state index contributed by atoms with van der Waals surface area (Å²) in [5, 5.41) is 11.3. The van der Waals surface area contributed by atoms with Crippen molar-refractivity contribution in [2.24, 2.45) is 4.99 Å². The third-order valence-electron chi connectivity index (χ3n) is 3.79. The Balaban J connectivity index is 2.22. The van der Waals surface area contributed by atoms with Crippen LogP contribution in [0.25, 0.3) is 0 Å². The monoisotopic (exact) mass is 307 g/mol. The first-order valence-electron chi connectivity index (χ1n) is 8.55. The van der Waals surface area contributed by atoms with Crippen LogP contribution in [0.2, 0.25) is 0 Å². The second-order valence-electron chi connectivity index (χ2n) is 6.04. The Kier molecular flexibility index (Phi) is 8.63. The van der Waals surface area contributed by atoms with Gasteiger partial charge in [-0.1, -0.05) is 26.2 Å². The quantitative estimate of drug-likeness (QED) is 0.419. The number of nitrogens with zero attached hydrogens (tertiary/aromatic N) is 3. The summed E-state index contributed by atoms with van der Waals surface area (Å²) in [6.07, 6.45) is 6.08. The maximum Gasteiger partial charge on any atom is 0.191 e. The predicted octanol–water partition coefficient (Wildman–Crippen LogP) is 3.02. The molecule has 2 N–H and O–H groups in total. The summed E-state index contributed by atoms with van der Waals surface area (Å²) in [7, 11) is 1.83. The lowest BCUT2D eigenvalue weighted by Gasteiger charge is -2.18. The minimum atomic E-state index is 0.466. The molecule has 0 spiro atoms. The minimum Gasteiger partial charge on any atom is -0.356 e. The summed E-state index contributed by atoms with van der Waals surface area (Å²) in [6, 6.07) is 2.58. The molecule has 0 saturated heterocycles. The molecule has 0 aliphatic heterocycles. The summed E-state index contributed by atoms with van der Waals surface area (Å²) in [6.45, 7) is 10.4. The fourth-order valence-corrected chi connectivity index (χ4v) is 2.54. The third kappa shape index (κ3) is 6.96. The number of aromatic nitrogens is 2. The molecule has 0 saturated carbocycles. The van der Waals surface area contributed by atoms with Crippen LogP contribution < -0.4 is 10.6 Å². The van der Waals surface area contributed by atoms with Crippen LogP contribution in [-0.4, -0.2) is 35.4 Å². The topological polar surface area (TPSA) is 54.2 Å². The van der Waals surface area contributed by atoms with Gasteiger partial charge in [0, 0.05) is 31.9 Å². The SMILES string of the molecule is CCCCCC(C)NC(=NC)NCCCn1nc(C)cc1C. The lowest BCUT2D eigenvalue weighted by atomic mass is 10.1. The summed E-state index contributed by atoms with van der Waals surface area (Å²) in [5.41, 5.74) is 2.31. The number of hydrogen-bond donors (Lipinski definition) is 2. The second-order valence-corrected chi connectivity index (χ2v) is 6.04. The van der Waals surface area contributed by atoms with Crippen molar-refractivity contribution in [2.75, 3.05) is 13.6 Å². The van der Waals surface area contributed by atoms with Crippen LogP contribution >= 0.6 is 0 Å². The van der Waals surface area contributed by atoms with Crippen molar-refractivity contribution in [1.29, 1.82) is 0 Å². The summed E-state index contributed by atoms with van der Waals surface area (Å²) in [5.74, 6) is 0.900. The van der Waals surface area contributed by atoms with Crippen LogP contribution in [0.5, 0.6) is 0 Å². The molecule has 5 heteroatoms. The molecule has 1 unspecified atom stereocenters. The highest BCUT2D eigenvalue weighted by Crippen LogP contribution is 2.03. The van der Waals surface area contributed by atoms with Crippen molar-refractivity contribution in [2.45, 2.75) is 72.4 Å². The van der Waals surface area contributed by atoms with E-state index in [-0.39, 0.29) is 0 Å². The van der Waals surface area contributed by atoms with Crippen LogP contribution in [0, 0.1) is 13.8 Å². The first-order valence-corrected chi connectivity index (χ1v) is 8.55. The zero-order valence-corrected chi connectivity index (χ0v) is 14.9. The molecule has 0 bridgehead atoms. The molecule has 0 aromatic carbocycles. The van der Waals surface area contributed by atoms with Crippen LogP contribution in [0.4, 0.5) is 0 Å². The number of nitrogens with one attached hydrogen (secondary N) is 2. The molecule has 5 nitrogen and oxygen atoms in total. The fraction of sp³-hybridized carbons (Fsp3) is 0.765. The molecule has 0 aliphatic rings. The predicted molar refractivity (Wildman–Crippen MR) is 94.4 cm³/mol. The smallest absolute Gasteiger partial charge is 0.191 e. The largest absolute Gasteiger partial charge is 0.356 e. The van der Waals surface area contributed by atoms with Crippen molar-refractivity contribution in [3.05, 3.63) is 17.5 Å². The van der Waals surface area contributed by atoms with Gasteiger partial charge in [-0.05, 0) is 39.7 Å². The molecule has 126 valence electrons. The van der Waals surface area contributed by atoms with E-state index in [1.54, 1.807) is 0 Å². The molecule has 22 heavy (non-hydrogen) atoms. The van der Waals surface area contributed by atoms with E-state index in [9.17, 15) is 0 Å². The molecular weight excluding hydrogens is 274 g/mol. The van der Waals surface area contributed by atoms with Gasteiger partial charge in [-0.15, -0.1) is 0 Å². The Hall–Kier alpha value is -1.52. The van der Waals surface area contributed by atoms with Crippen LogP contribution in [0.3, 0.4) is 0 Å². The van der Waals surface area contributed by atoms with Gasteiger partial charge in [0.2, 0.25) is 0 Å². The molecule has 1 heterocycles. The van der Waals surface area contributed by atoms with Crippen LogP contribution in [0.15, 0.2) is 11.1 Å². The van der Waals surface area contributed by atoms with Gasteiger partial charge in [0.1, 0.15) is 0 Å². The first-order chi connectivity index (χ1) is 10.6. The van der Waals surface area contributed by atoms with E-state index in [0.717, 1.165) is 31.2 Å². The highest BCUT2D eigenvalue weighted by atomic mass is 15.3. The molecule has 1 atom stereocenters. The van der Waals surface area contributed by atoms with Gasteiger partial charge < -0.3 is 10.6 Å². The van der Waals surface area contributed by atoms with Crippen LogP contribution in [-0.2, 0) is 6.54 Å². The van der Waals surface area contributed by atoms with Gasteiger partial charge in [0.05, 0.1) is 5.69 Å². The molecule has 1 aromatic rings. The number of hydrogen-bond acceptors (Lipinski definition) is 2. The maximum atomic E-state index is 4.48. The zero-order chi connectivity index (χ0) is 16.4. The van der Waals surface area contributed by atoms with Gasteiger partial charge in [-0.25, -0.2) is 0 Å². The molecule has 0 fully saturated rings. The highest BCUT2D eigenvalue weighted by molar-refractivity contribution is 5.79. The Morgan fingerprint density at radius 2 is 2.09 bits per heavy atom. The summed E-state index contributed by atoms with van der Waals surface area (Å²) >= 11 is 0. The minimum absolute atomic E-state index is 0.466. The van der Waals surface area contributed by atoms with Crippen molar-refractivity contribution in [3.8, 4) is 0 Å². The first kappa shape index (κ1) is 18.5. The Morgan fingerprint density at radius 1 is 1.32 bits per heavy atom. The second kappa shape index (κ2) is 10.2. The summed E-state index contributed by atoms with van der Waals surface area (Å²) in [4.78, 5) is 4.29. The third-order valence-corrected chi connectivity index (χ3v) is 3.79. The molecule has 1 rings (SSSR count). The van der Waals surface area contributed by atoms with Gasteiger partial charge >= 0.3 is 0 Å². The van der Waals surface area contributed by atoms with Gasteiger partial charge in [-0.3, -0.25) is 9.67 Å². The fourth-order valence-electron chi connectivity index (χ4n) is 2.54. The Labute approximate surface area is 135 Å². The number of rotatable bonds is 9. The van der Waals surface area contributed by atoms with Gasteiger partial charge in [0.15, 0.2) is 5.96 Å². The van der Waals surface area contributed by atoms with E-state index in [1.807, 2.05) is 14.0 Å². The number of aryl methyl sites for hydroxylation is 3. The zero-order valence-electron chi connectivity index (χ0n) is 14.9. The number of guanidine groups is 1. The van der Waals surface area contributed by atoms with Crippen molar-refractivity contribution < 1.29 is 0 Å². The Morgan fingerprint density at radius 3 is 2.68 bits per heavy atom. The molecule has 1 aromatic heterocycles. The van der Waals surface area contributed by atoms with E-state index in [1.165, 1.54) is 31.4 Å². The standard InChI is InChI=1S/C17H33N5/c1-6-7-8-10-14(2)20-17(18-5)19-11-9-12-22-16(4)13-15(3)21-22/h13-14H,6-12H2,1-5H3,(H2,18,19,20). The van der Waals surface area contributed by atoms with E-state index in [2.05, 4.69) is 52.2 Å². The van der Waals surface area contributed by atoms with Crippen molar-refractivity contribution >= 4 is 5.96 Å². The average molecular weight is 307 g/mol. The lowest BCUT2D eigenvalue weighted by molar-refractivity contribution is 0.535. The summed E-state index contributed by atoms with van der Waals surface area (Å²) < 4.78 is 2.07. The van der Waals surface area contributed by atoms with E-state index in [4.69, 9.17) is 0 Å². The molecule has 0 amide bonds. The number of unbranched alkanes of at least 4 members (excludes halogenated alkanes) is 2.